The molecule has 1 aliphatic rings. The Labute approximate surface area is 111 Å². The average molecular weight is 265 g/mol. The summed E-state index contributed by atoms with van der Waals surface area (Å²) in [5, 5.41) is 11.8. The third kappa shape index (κ3) is 3.56. The summed E-state index contributed by atoms with van der Waals surface area (Å²) in [6.45, 7) is 1.98. The molecule has 0 aliphatic heterocycles. The largest absolute Gasteiger partial charge is 0.481 e. The van der Waals surface area contributed by atoms with Crippen LogP contribution in [0.25, 0.3) is 0 Å². The van der Waals surface area contributed by atoms with Crippen LogP contribution in [0.1, 0.15) is 45.1 Å². The number of hydrogen-bond acceptors (Lipinski definition) is 4. The van der Waals surface area contributed by atoms with Crippen LogP contribution < -0.4 is 10.9 Å². The number of anilines is 1. The molecule has 1 aromatic heterocycles. The van der Waals surface area contributed by atoms with Gasteiger partial charge in [-0.2, -0.15) is 0 Å². The Hall–Kier alpha value is -1.85. The van der Waals surface area contributed by atoms with Gasteiger partial charge in [-0.25, -0.2) is 4.98 Å². The summed E-state index contributed by atoms with van der Waals surface area (Å²) in [6.07, 6.45) is 6.88. The molecule has 6 heteroatoms. The zero-order valence-corrected chi connectivity index (χ0v) is 11.0. The molecular formula is C13H19N3O3. The average Bonchev–Trinajstić information content (AvgIpc) is 3.15. The molecule has 1 unspecified atom stereocenters. The number of aliphatic carboxylic acids is 1. The predicted molar refractivity (Wildman–Crippen MR) is 71.3 cm³/mol. The Balaban J connectivity index is 2.14. The predicted octanol–water partition coefficient (Wildman–Crippen LogP) is 1.63. The summed E-state index contributed by atoms with van der Waals surface area (Å²) in [5.41, 5.74) is -0.156. The van der Waals surface area contributed by atoms with E-state index in [0.29, 0.717) is 12.5 Å². The monoisotopic (exact) mass is 265 g/mol. The van der Waals surface area contributed by atoms with E-state index in [9.17, 15) is 9.59 Å². The minimum absolute atomic E-state index is 0.00666. The maximum atomic E-state index is 12.2. The fourth-order valence-electron chi connectivity index (χ4n) is 2.14. The van der Waals surface area contributed by atoms with Crippen molar-refractivity contribution in [1.29, 1.82) is 0 Å². The summed E-state index contributed by atoms with van der Waals surface area (Å²) in [6, 6.07) is 0.0397. The molecular weight excluding hydrogens is 246 g/mol. The minimum Gasteiger partial charge on any atom is -0.481 e. The highest BCUT2D eigenvalue weighted by Gasteiger charge is 2.25. The number of carboxylic acids is 1. The van der Waals surface area contributed by atoms with Crippen molar-refractivity contribution >= 4 is 11.8 Å². The lowest BCUT2D eigenvalue weighted by atomic mass is 10.1. The molecule has 0 amide bonds. The highest BCUT2D eigenvalue weighted by Crippen LogP contribution is 2.33. The van der Waals surface area contributed by atoms with Crippen LogP contribution in [0.2, 0.25) is 0 Å². The molecule has 0 bridgehead atoms. The number of nitrogens with zero attached hydrogens (tertiary/aromatic N) is 2. The van der Waals surface area contributed by atoms with Crippen molar-refractivity contribution in [2.24, 2.45) is 0 Å². The van der Waals surface area contributed by atoms with Crippen molar-refractivity contribution in [3.05, 3.63) is 22.7 Å². The molecule has 104 valence electrons. The van der Waals surface area contributed by atoms with Crippen LogP contribution in [0.4, 0.5) is 5.82 Å². The molecule has 6 nitrogen and oxygen atoms in total. The van der Waals surface area contributed by atoms with Gasteiger partial charge in [0.15, 0.2) is 5.82 Å². The van der Waals surface area contributed by atoms with Crippen molar-refractivity contribution < 1.29 is 9.90 Å². The Morgan fingerprint density at radius 2 is 2.37 bits per heavy atom. The molecule has 2 rings (SSSR count). The quantitative estimate of drug-likeness (QED) is 0.782. The second-order valence-electron chi connectivity index (χ2n) is 4.95. The van der Waals surface area contributed by atoms with E-state index < -0.39 is 5.97 Å². The smallest absolute Gasteiger partial charge is 0.305 e. The van der Waals surface area contributed by atoms with E-state index in [1.54, 1.807) is 17.0 Å². The minimum atomic E-state index is -0.871. The van der Waals surface area contributed by atoms with Crippen molar-refractivity contribution in [2.45, 2.75) is 51.1 Å². The summed E-state index contributed by atoms with van der Waals surface area (Å²) in [4.78, 5) is 27.0. The van der Waals surface area contributed by atoms with Gasteiger partial charge in [0.1, 0.15) is 0 Å². The van der Waals surface area contributed by atoms with Gasteiger partial charge in [0.25, 0.3) is 5.56 Å². The van der Waals surface area contributed by atoms with Crippen LogP contribution in [0.3, 0.4) is 0 Å². The second-order valence-corrected chi connectivity index (χ2v) is 4.95. The van der Waals surface area contributed by atoms with Crippen molar-refractivity contribution in [3.8, 4) is 0 Å². The fourth-order valence-corrected chi connectivity index (χ4v) is 2.14. The molecule has 2 N–H and O–H groups in total. The molecule has 1 fully saturated rings. The fraction of sp³-hybridized carbons (Fsp3) is 0.615. The maximum Gasteiger partial charge on any atom is 0.305 e. The lowest BCUT2D eigenvalue weighted by molar-refractivity contribution is -0.137. The lowest BCUT2D eigenvalue weighted by Crippen LogP contribution is -2.30. The molecule has 1 saturated carbocycles. The van der Waals surface area contributed by atoms with Crippen LogP contribution in [0.5, 0.6) is 0 Å². The van der Waals surface area contributed by atoms with E-state index in [2.05, 4.69) is 10.3 Å². The number of rotatable bonds is 7. The number of hydrogen-bond donors (Lipinski definition) is 2. The first-order chi connectivity index (χ1) is 9.11. The Morgan fingerprint density at radius 3 is 2.95 bits per heavy atom. The number of carboxylic acid groups (broad SMARTS) is 1. The highest BCUT2D eigenvalue weighted by atomic mass is 16.4. The van der Waals surface area contributed by atoms with E-state index >= 15 is 0 Å². The van der Waals surface area contributed by atoms with E-state index in [1.165, 1.54) is 0 Å². The molecule has 1 aromatic rings. The van der Waals surface area contributed by atoms with E-state index in [4.69, 9.17) is 5.11 Å². The first-order valence-corrected chi connectivity index (χ1v) is 6.67. The SMILES string of the molecule is CCCC(CC(=O)O)Nc1nccn(C2CC2)c1=O. The molecule has 0 saturated heterocycles. The molecule has 0 radical (unpaired) electrons. The Bertz CT molecular complexity index is 508. The molecule has 1 aliphatic carbocycles. The Morgan fingerprint density at radius 1 is 1.63 bits per heavy atom. The second kappa shape index (κ2) is 5.86. The molecule has 0 aromatic carbocycles. The van der Waals surface area contributed by atoms with Crippen LogP contribution in [0, 0.1) is 0 Å². The normalized spacial score (nSPS) is 16.1. The van der Waals surface area contributed by atoms with Crippen molar-refractivity contribution in [1.82, 2.24) is 9.55 Å². The standard InChI is InChI=1S/C13H19N3O3/c1-2-3-9(8-11(17)18)15-12-13(19)16(7-6-14-12)10-4-5-10/h6-7,9-10H,2-5,8H2,1H3,(H,14,15)(H,17,18). The third-order valence-electron chi connectivity index (χ3n) is 3.21. The van der Waals surface area contributed by atoms with Crippen LogP contribution in [0.15, 0.2) is 17.2 Å². The van der Waals surface area contributed by atoms with Gasteiger partial charge in [0.05, 0.1) is 6.42 Å². The van der Waals surface area contributed by atoms with Gasteiger partial charge in [-0.15, -0.1) is 0 Å². The molecule has 19 heavy (non-hydrogen) atoms. The topological polar surface area (TPSA) is 84.2 Å². The van der Waals surface area contributed by atoms with Crippen LogP contribution in [-0.4, -0.2) is 26.7 Å². The van der Waals surface area contributed by atoms with E-state index in [0.717, 1.165) is 19.3 Å². The zero-order chi connectivity index (χ0) is 13.8. The number of nitrogens with one attached hydrogen (secondary N) is 1. The van der Waals surface area contributed by atoms with Crippen LogP contribution in [-0.2, 0) is 4.79 Å². The van der Waals surface area contributed by atoms with Gasteiger partial charge < -0.3 is 15.0 Å². The lowest BCUT2D eigenvalue weighted by Gasteiger charge is -2.16. The van der Waals surface area contributed by atoms with Gasteiger partial charge in [-0.3, -0.25) is 9.59 Å². The van der Waals surface area contributed by atoms with E-state index in [1.807, 2.05) is 6.92 Å². The third-order valence-corrected chi connectivity index (χ3v) is 3.21. The van der Waals surface area contributed by atoms with Gasteiger partial charge in [0, 0.05) is 24.5 Å². The maximum absolute atomic E-state index is 12.2. The Kier molecular flexibility index (Phi) is 4.19. The van der Waals surface area contributed by atoms with Gasteiger partial charge in [-0.05, 0) is 19.3 Å². The van der Waals surface area contributed by atoms with Gasteiger partial charge >= 0.3 is 5.97 Å². The van der Waals surface area contributed by atoms with Crippen LogP contribution >= 0.6 is 0 Å². The summed E-state index contributed by atoms with van der Waals surface area (Å²) < 4.78 is 1.68. The van der Waals surface area contributed by atoms with Crippen molar-refractivity contribution in [2.75, 3.05) is 5.32 Å². The van der Waals surface area contributed by atoms with E-state index in [-0.39, 0.29) is 23.8 Å². The van der Waals surface area contributed by atoms with Gasteiger partial charge in [-0.1, -0.05) is 13.3 Å². The first kappa shape index (κ1) is 13.6. The number of aromatic nitrogens is 2. The summed E-state index contributed by atoms with van der Waals surface area (Å²) in [5.74, 6) is -0.613. The number of carbonyl (C=O) groups is 1. The van der Waals surface area contributed by atoms with Crippen molar-refractivity contribution in [3.63, 3.8) is 0 Å². The molecule has 1 atom stereocenters. The molecule has 1 heterocycles. The summed E-state index contributed by atoms with van der Waals surface area (Å²) >= 11 is 0. The zero-order valence-electron chi connectivity index (χ0n) is 11.0. The first-order valence-electron chi connectivity index (χ1n) is 6.67. The molecule has 0 spiro atoms. The summed E-state index contributed by atoms with van der Waals surface area (Å²) in [7, 11) is 0. The highest BCUT2D eigenvalue weighted by molar-refractivity contribution is 5.68. The van der Waals surface area contributed by atoms with Gasteiger partial charge in [0.2, 0.25) is 0 Å².